The Labute approximate surface area is 192 Å². The van der Waals surface area contributed by atoms with Gasteiger partial charge in [0, 0.05) is 30.2 Å². The molecule has 1 aliphatic heterocycles. The van der Waals surface area contributed by atoms with E-state index in [1.54, 1.807) is 0 Å². The summed E-state index contributed by atoms with van der Waals surface area (Å²) in [6.07, 6.45) is -2.80. The van der Waals surface area contributed by atoms with Crippen molar-refractivity contribution in [1.29, 1.82) is 0 Å². The summed E-state index contributed by atoms with van der Waals surface area (Å²) in [5.74, 6) is -1.52. The first kappa shape index (κ1) is 23.7. The molecule has 3 aromatic rings. The smallest absolute Gasteiger partial charge is 0.416 e. The van der Waals surface area contributed by atoms with E-state index in [9.17, 15) is 22.8 Å². The third-order valence-electron chi connectivity index (χ3n) is 5.76. The molecule has 1 aromatic heterocycles. The molecule has 180 valence electrons. The van der Waals surface area contributed by atoms with Crippen LogP contribution < -0.4 is 10.3 Å². The molecule has 6 nitrogen and oxygen atoms in total. The number of ether oxygens (including phenoxy) is 2. The maximum absolute atomic E-state index is 15.1. The SMILES string of the molecule is CCc1c(N2CCOCC2)c(F)cc2c(=O)c(C(=O)OCc3ccc(C(F)(F)F)cc3)c[nH]c12. The lowest BCUT2D eigenvalue weighted by Crippen LogP contribution is -2.37. The van der Waals surface area contributed by atoms with Gasteiger partial charge in [0.05, 0.1) is 30.0 Å². The average Bonchev–Trinajstić information content (AvgIpc) is 2.82. The lowest BCUT2D eigenvalue weighted by atomic mass is 10.0. The van der Waals surface area contributed by atoms with E-state index in [1.807, 2.05) is 11.8 Å². The number of nitrogens with zero attached hydrogens (tertiary/aromatic N) is 1. The van der Waals surface area contributed by atoms with E-state index < -0.39 is 29.0 Å². The molecule has 2 aromatic carbocycles. The molecule has 0 saturated carbocycles. The predicted molar refractivity (Wildman–Crippen MR) is 118 cm³/mol. The van der Waals surface area contributed by atoms with Gasteiger partial charge in [0.15, 0.2) is 0 Å². The molecule has 1 N–H and O–H groups in total. The van der Waals surface area contributed by atoms with Gasteiger partial charge in [0.25, 0.3) is 0 Å². The molecule has 2 heterocycles. The maximum atomic E-state index is 15.1. The Morgan fingerprint density at radius 3 is 2.47 bits per heavy atom. The normalized spacial score (nSPS) is 14.4. The Kier molecular flexibility index (Phi) is 6.60. The number of anilines is 1. The number of aryl methyl sites for hydroxylation is 1. The number of hydrogen-bond donors (Lipinski definition) is 1. The van der Waals surface area contributed by atoms with Crippen LogP contribution in [-0.2, 0) is 28.7 Å². The zero-order chi connectivity index (χ0) is 24.5. The fourth-order valence-corrected chi connectivity index (χ4v) is 4.03. The first-order valence-corrected chi connectivity index (χ1v) is 10.7. The fourth-order valence-electron chi connectivity index (χ4n) is 4.03. The van der Waals surface area contributed by atoms with Gasteiger partial charge in [-0.3, -0.25) is 4.79 Å². The van der Waals surface area contributed by atoms with Crippen LogP contribution in [0.1, 0.15) is 34.0 Å². The second-order valence-electron chi connectivity index (χ2n) is 7.86. The monoisotopic (exact) mass is 478 g/mol. The van der Waals surface area contributed by atoms with Gasteiger partial charge in [-0.1, -0.05) is 19.1 Å². The molecule has 1 saturated heterocycles. The molecule has 0 atom stereocenters. The summed E-state index contributed by atoms with van der Waals surface area (Å²) < 4.78 is 63.6. The number of morpholine rings is 1. The lowest BCUT2D eigenvalue weighted by molar-refractivity contribution is -0.137. The number of rotatable bonds is 5. The summed E-state index contributed by atoms with van der Waals surface area (Å²) in [6, 6.07) is 5.26. The van der Waals surface area contributed by atoms with E-state index in [4.69, 9.17) is 9.47 Å². The highest BCUT2D eigenvalue weighted by Gasteiger charge is 2.30. The zero-order valence-electron chi connectivity index (χ0n) is 18.3. The second-order valence-corrected chi connectivity index (χ2v) is 7.86. The minimum atomic E-state index is -4.47. The average molecular weight is 478 g/mol. The van der Waals surface area contributed by atoms with Crippen LogP contribution in [0.15, 0.2) is 41.3 Å². The predicted octanol–water partition coefficient (Wildman–Crippen LogP) is 4.44. The Morgan fingerprint density at radius 2 is 1.85 bits per heavy atom. The largest absolute Gasteiger partial charge is 0.457 e. The van der Waals surface area contributed by atoms with Crippen molar-refractivity contribution in [3.8, 4) is 0 Å². The molecule has 0 spiro atoms. The number of fused-ring (bicyclic) bond motifs is 1. The topological polar surface area (TPSA) is 71.6 Å². The van der Waals surface area contributed by atoms with Crippen LogP contribution in [0.25, 0.3) is 10.9 Å². The number of hydrogen-bond acceptors (Lipinski definition) is 5. The number of esters is 1. The van der Waals surface area contributed by atoms with Crippen molar-refractivity contribution >= 4 is 22.6 Å². The van der Waals surface area contributed by atoms with E-state index in [0.717, 1.165) is 18.2 Å². The number of aromatic nitrogens is 1. The van der Waals surface area contributed by atoms with E-state index in [1.165, 1.54) is 18.3 Å². The summed E-state index contributed by atoms with van der Waals surface area (Å²) in [5.41, 5.74) is -0.0278. The van der Waals surface area contributed by atoms with Crippen LogP contribution in [0, 0.1) is 5.82 Å². The third-order valence-corrected chi connectivity index (χ3v) is 5.76. The minimum absolute atomic E-state index is 0.0235. The molecule has 0 amide bonds. The number of carbonyl (C=O) groups is 1. The number of alkyl halides is 3. The Hall–Kier alpha value is -3.40. The van der Waals surface area contributed by atoms with Crippen LogP contribution >= 0.6 is 0 Å². The van der Waals surface area contributed by atoms with E-state index in [2.05, 4.69) is 4.98 Å². The highest BCUT2D eigenvalue weighted by molar-refractivity contribution is 5.95. The van der Waals surface area contributed by atoms with Crippen LogP contribution in [0.3, 0.4) is 0 Å². The summed E-state index contributed by atoms with van der Waals surface area (Å²) >= 11 is 0. The number of pyridine rings is 1. The summed E-state index contributed by atoms with van der Waals surface area (Å²) in [4.78, 5) is 30.3. The van der Waals surface area contributed by atoms with Gasteiger partial charge in [0.2, 0.25) is 5.43 Å². The van der Waals surface area contributed by atoms with E-state index in [-0.39, 0.29) is 17.6 Å². The van der Waals surface area contributed by atoms with Crippen LogP contribution in [0.5, 0.6) is 0 Å². The number of H-pyrrole nitrogens is 1. The maximum Gasteiger partial charge on any atom is 0.416 e. The molecule has 0 bridgehead atoms. The van der Waals surface area contributed by atoms with Gasteiger partial charge in [-0.15, -0.1) is 0 Å². The van der Waals surface area contributed by atoms with Crippen molar-refractivity contribution in [3.63, 3.8) is 0 Å². The van der Waals surface area contributed by atoms with Gasteiger partial charge in [-0.2, -0.15) is 13.2 Å². The summed E-state index contributed by atoms with van der Waals surface area (Å²) in [5, 5.41) is 0.0235. The van der Waals surface area contributed by atoms with Crippen molar-refractivity contribution in [1.82, 2.24) is 4.98 Å². The molecule has 4 rings (SSSR count). The van der Waals surface area contributed by atoms with Crippen LogP contribution in [0.2, 0.25) is 0 Å². The van der Waals surface area contributed by atoms with Crippen molar-refractivity contribution in [2.24, 2.45) is 0 Å². The Morgan fingerprint density at radius 1 is 1.18 bits per heavy atom. The van der Waals surface area contributed by atoms with Crippen molar-refractivity contribution in [2.75, 3.05) is 31.2 Å². The number of nitrogens with one attached hydrogen (secondary N) is 1. The van der Waals surface area contributed by atoms with Gasteiger partial charge in [-0.25, -0.2) is 9.18 Å². The number of halogens is 4. The first-order valence-electron chi connectivity index (χ1n) is 10.7. The number of benzene rings is 2. The Bertz CT molecular complexity index is 1260. The molecule has 34 heavy (non-hydrogen) atoms. The summed E-state index contributed by atoms with van der Waals surface area (Å²) in [6.45, 7) is 3.52. The molecular formula is C24H22F4N2O4. The van der Waals surface area contributed by atoms with Crippen LogP contribution in [0.4, 0.5) is 23.2 Å². The molecule has 10 heteroatoms. The number of aromatic amines is 1. The molecule has 1 fully saturated rings. The quantitative estimate of drug-likeness (QED) is 0.434. The second kappa shape index (κ2) is 9.46. The van der Waals surface area contributed by atoms with Crippen LogP contribution in [-0.4, -0.2) is 37.3 Å². The van der Waals surface area contributed by atoms with Gasteiger partial charge in [-0.05, 0) is 30.2 Å². The molecule has 0 radical (unpaired) electrons. The van der Waals surface area contributed by atoms with E-state index >= 15 is 4.39 Å². The van der Waals surface area contributed by atoms with Crippen molar-refractivity contribution in [3.05, 3.63) is 74.8 Å². The Balaban J connectivity index is 1.60. The van der Waals surface area contributed by atoms with Gasteiger partial charge in [0.1, 0.15) is 18.0 Å². The minimum Gasteiger partial charge on any atom is -0.457 e. The molecular weight excluding hydrogens is 456 g/mol. The standard InChI is InChI=1S/C24H22F4N2O4/c1-2-16-20-17(11-19(25)21(16)30-7-9-33-10-8-30)22(31)18(12-29-20)23(32)34-13-14-3-5-15(6-4-14)24(26,27)28/h3-6,11-12H,2,7-10,13H2,1H3,(H,29,31). The first-order chi connectivity index (χ1) is 16.2. The fraction of sp³-hybridized carbons (Fsp3) is 0.333. The third kappa shape index (κ3) is 4.63. The van der Waals surface area contributed by atoms with Gasteiger partial charge < -0.3 is 19.4 Å². The van der Waals surface area contributed by atoms with Crippen molar-refractivity contribution < 1.29 is 31.8 Å². The highest BCUT2D eigenvalue weighted by Crippen LogP contribution is 2.32. The number of carbonyl (C=O) groups excluding carboxylic acids is 1. The van der Waals surface area contributed by atoms with E-state index in [0.29, 0.717) is 55.1 Å². The molecule has 0 aliphatic carbocycles. The van der Waals surface area contributed by atoms with Crippen molar-refractivity contribution in [2.45, 2.75) is 26.1 Å². The molecule has 0 unspecified atom stereocenters. The zero-order valence-corrected chi connectivity index (χ0v) is 18.3. The van der Waals surface area contributed by atoms with Gasteiger partial charge >= 0.3 is 12.1 Å². The lowest BCUT2D eigenvalue weighted by Gasteiger charge is -2.31. The summed E-state index contributed by atoms with van der Waals surface area (Å²) in [7, 11) is 0. The highest BCUT2D eigenvalue weighted by atomic mass is 19.4. The molecule has 1 aliphatic rings.